The first kappa shape index (κ1) is 76.6. The average Bonchev–Trinajstić information content (AvgIpc) is 3.84. The Morgan fingerprint density at radius 1 is 0.506 bits per heavy atom. The van der Waals surface area contributed by atoms with Gasteiger partial charge in [-0.15, -0.1) is 10.1 Å². The highest BCUT2D eigenvalue weighted by atomic mass is 32.3. The van der Waals surface area contributed by atoms with E-state index in [1.807, 2.05) is 0 Å². The van der Waals surface area contributed by atoms with Crippen LogP contribution < -0.4 is 4.18 Å². The Morgan fingerprint density at radius 2 is 0.815 bits per heavy atom. The quantitative estimate of drug-likeness (QED) is 0.0196. The Kier molecular flexibility index (Phi) is 28.5. The van der Waals surface area contributed by atoms with E-state index in [9.17, 15) is 78.9 Å². The van der Waals surface area contributed by atoms with E-state index in [0.29, 0.717) is 0 Å². The summed E-state index contributed by atoms with van der Waals surface area (Å²) < 4.78 is 198. The first-order valence-corrected chi connectivity index (χ1v) is 36.4. The molecule has 0 aromatic heterocycles. The minimum Gasteiger partial charge on any atom is -0.380 e. The maximum atomic E-state index is 12.1. The molecule has 45 nitrogen and oxygen atoms in total. The number of hydrogen-bond donors (Lipinski definition) is 14. The molecule has 464 valence electrons. The summed E-state index contributed by atoms with van der Waals surface area (Å²) in [5.41, 5.74) is 0.845. The van der Waals surface area contributed by atoms with E-state index in [1.165, 1.54) is 12.1 Å². The summed E-state index contributed by atoms with van der Waals surface area (Å²) in [5, 5.41) is 9.14. The zero-order chi connectivity index (χ0) is 62.8. The molecule has 3 heterocycles. The van der Waals surface area contributed by atoms with E-state index >= 15 is 0 Å². The van der Waals surface area contributed by atoms with Crippen molar-refractivity contribution in [2.45, 2.75) is 80.8 Å². The zero-order valence-corrected chi connectivity index (χ0v) is 49.1. The van der Waals surface area contributed by atoms with Gasteiger partial charge in [0.15, 0.2) is 0 Å². The van der Waals surface area contributed by atoms with Crippen molar-refractivity contribution in [3.63, 3.8) is 0 Å². The Balaban J connectivity index is 0.000000421. The lowest BCUT2D eigenvalue weighted by Crippen LogP contribution is -2.32. The highest BCUT2D eigenvalue weighted by molar-refractivity contribution is 7.82. The molecule has 3 aliphatic heterocycles. The minimum absolute atomic E-state index is 0.0522. The Morgan fingerprint density at radius 3 is 1.14 bits per heavy atom. The van der Waals surface area contributed by atoms with Crippen molar-refractivity contribution >= 4 is 112 Å². The molecule has 14 N–H and O–H groups in total. The number of phosphoric ester groups is 4. The molecule has 0 amide bonds. The van der Waals surface area contributed by atoms with Gasteiger partial charge >= 0.3 is 88.6 Å². The number of phosphoric acid groups is 10. The van der Waals surface area contributed by atoms with Gasteiger partial charge in [0.25, 0.3) is 5.09 Å². The van der Waals surface area contributed by atoms with E-state index in [0.717, 1.165) is 5.56 Å². The zero-order valence-electron chi connectivity index (χ0n) is 39.3. The lowest BCUT2D eigenvalue weighted by molar-refractivity contribution is -0.769. The summed E-state index contributed by atoms with van der Waals surface area (Å²) in [6.07, 6.45) is -8.56. The topological polar surface area (TPSA) is 679 Å². The Bertz CT molecular complexity index is 2900. The number of nitrogens with zero attached hydrogens (tertiary/aromatic N) is 1. The second-order valence-electron chi connectivity index (χ2n) is 14.9. The van der Waals surface area contributed by atoms with Crippen molar-refractivity contribution in [3.05, 3.63) is 39.9 Å². The third-order valence-corrected chi connectivity index (χ3v) is 20.9. The van der Waals surface area contributed by atoms with E-state index < -0.39 is 168 Å². The molecule has 15 atom stereocenters. The number of benzene rings is 1. The van der Waals surface area contributed by atoms with Gasteiger partial charge in [-0.1, -0.05) is 17.7 Å². The maximum Gasteiger partial charge on any atom is 0.490 e. The molecule has 3 aliphatic rings. The van der Waals surface area contributed by atoms with Gasteiger partial charge in [0, 0.05) is 18.0 Å². The van der Waals surface area contributed by atoms with Crippen LogP contribution in [-0.4, -0.2) is 180 Å². The van der Waals surface area contributed by atoms with Crippen LogP contribution in [0.3, 0.4) is 0 Å². The number of ether oxygens (including phenoxy) is 3. The molecular weight excluding hydrogens is 1360 g/mol. The van der Waals surface area contributed by atoms with Gasteiger partial charge in [0.1, 0.15) is 59.8 Å². The van der Waals surface area contributed by atoms with Crippen LogP contribution in [0.1, 0.15) is 24.8 Å². The predicted molar refractivity (Wildman–Crippen MR) is 251 cm³/mol. The molecule has 3 saturated heterocycles. The van der Waals surface area contributed by atoms with Crippen LogP contribution in [-0.2, 0) is 123 Å². The lowest BCUT2D eigenvalue weighted by Gasteiger charge is -2.21. The largest absolute Gasteiger partial charge is 0.490 e. The fourth-order valence-corrected chi connectivity index (χ4v) is 16.1. The number of hydrogen-bond acceptors (Lipinski definition) is 30. The van der Waals surface area contributed by atoms with Crippen molar-refractivity contribution in [2.24, 2.45) is 0 Å². The van der Waals surface area contributed by atoms with Crippen LogP contribution in [0.5, 0.6) is 5.75 Å². The van der Waals surface area contributed by atoms with Crippen molar-refractivity contribution in [1.29, 1.82) is 0 Å². The molecule has 4 rings (SSSR count). The summed E-state index contributed by atoms with van der Waals surface area (Å²) in [7, 11) is -43.1. The summed E-state index contributed by atoms with van der Waals surface area (Å²) in [6.45, 7) is -1.01. The van der Waals surface area contributed by atoms with Gasteiger partial charge in [-0.3, -0.25) is 18.1 Å². The van der Waals surface area contributed by atoms with Crippen LogP contribution >= 0.6 is 78.2 Å². The van der Waals surface area contributed by atoms with Crippen molar-refractivity contribution in [3.8, 4) is 5.75 Å². The van der Waals surface area contributed by atoms with E-state index in [4.69, 9.17) is 99.9 Å². The summed E-state index contributed by atoms with van der Waals surface area (Å²) >= 11 is 0. The van der Waals surface area contributed by atoms with Crippen LogP contribution in [0.15, 0.2) is 24.3 Å². The molecule has 3 fully saturated rings. The van der Waals surface area contributed by atoms with Crippen molar-refractivity contribution in [1.82, 2.24) is 0 Å². The smallest absolute Gasteiger partial charge is 0.380 e. The molecule has 0 bridgehead atoms. The monoisotopic (exact) mass is 1400 g/mol. The van der Waals surface area contributed by atoms with E-state index in [1.54, 1.807) is 19.1 Å². The van der Waals surface area contributed by atoms with Gasteiger partial charge < -0.3 is 91.7 Å². The van der Waals surface area contributed by atoms with Crippen molar-refractivity contribution < 1.29 is 199 Å². The van der Waals surface area contributed by atoms with E-state index in [-0.39, 0.29) is 25.0 Å². The minimum atomic E-state index is -5.71. The predicted octanol–water partition coefficient (Wildman–Crippen LogP) is -1.09. The number of aryl methyl sites for hydroxylation is 1. The third-order valence-electron chi connectivity index (χ3n) is 8.10. The van der Waals surface area contributed by atoms with Crippen LogP contribution in [0.4, 0.5) is 0 Å². The molecule has 81 heavy (non-hydrogen) atoms. The summed E-state index contributed by atoms with van der Waals surface area (Å²) in [6, 6.07) is 2.81. The van der Waals surface area contributed by atoms with Gasteiger partial charge in [-0.2, -0.15) is 34.3 Å². The molecule has 1 aromatic carbocycles. The molecule has 0 aliphatic carbocycles. The molecule has 59 heteroatoms. The normalized spacial score (nSPS) is 28.2. The van der Waals surface area contributed by atoms with Gasteiger partial charge in [0.2, 0.25) is 0 Å². The highest BCUT2D eigenvalue weighted by Crippen LogP contribution is 2.68. The lowest BCUT2D eigenvalue weighted by atomic mass is 9.96. The SMILES string of the molecule is [B]C1CC(OP(=O)(O)O)C(COP(=O)(O)OP(=O)(O)OP(=O)(O)O)O1.[B]C1CC(OS(=O)(=O)Oc2ccc(C)cc2)C(COP(=O)(O)OP(=O)(O)OP(=O)(O)O)O1.[B]C1CC(O[N+](=O)[O-])C(COP(=O)(O)OP(=O)(O)OP(=O)(O)O)O1. The molecule has 1 aromatic rings. The molecule has 0 spiro atoms. The Labute approximate surface area is 456 Å². The summed E-state index contributed by atoms with van der Waals surface area (Å²) in [5.74, 6) is -0.0522. The van der Waals surface area contributed by atoms with Gasteiger partial charge in [-0.05, 0) is 38.3 Å². The fourth-order valence-electron chi connectivity index (χ4n) is 5.59. The first-order chi connectivity index (χ1) is 36.1. The van der Waals surface area contributed by atoms with Gasteiger partial charge in [-0.25, -0.2) is 49.8 Å². The molecule has 15 unspecified atom stereocenters. The fraction of sp³-hybridized carbons (Fsp3) is 0.727. The maximum absolute atomic E-state index is 12.1. The second-order valence-corrected chi connectivity index (χ2v) is 30.6. The first-order valence-electron chi connectivity index (χ1n) is 19.9. The van der Waals surface area contributed by atoms with Crippen LogP contribution in [0.25, 0.3) is 0 Å². The van der Waals surface area contributed by atoms with Crippen LogP contribution in [0.2, 0.25) is 0 Å². The second kappa shape index (κ2) is 30.2. The third kappa shape index (κ3) is 34.0. The average molecular weight is 1400 g/mol. The molecular formula is C22H42B3NO44P10S. The summed E-state index contributed by atoms with van der Waals surface area (Å²) in [4.78, 5) is 137. The highest BCUT2D eigenvalue weighted by Gasteiger charge is 2.47. The standard InChI is InChI=1S/C12H18BO15P3S.C5H11BNO14P3.C5H13BO15P4/c1-8-2-4-9(5-3-8)25-32(21,22)26-10-6-12(13)24-11(10)7-23-30(17,18)28-31(19,20)27-29(14,15)16;6-5-1-3(19-7(8)9)4(18-5)2-17-23(13,14)21-24(15,16)20-22(10,11)12;6-5-1-3(19-22(7,8)9)4(18-5)2-17-24(13,14)21-25(15,16)20-23(10,11)12/h2-5,10-12H,6-7H2,1H3,(H,17,18)(H,19,20)(H2,14,15,16);3-5H,1-2H2,(H,13,14)(H,15,16)(H2,10,11,12);3-5H,1-2H2,(H,13,14)(H,15,16)(H2,7,8,9)(H2,10,11,12). The molecule has 6 radical (unpaired) electrons. The van der Waals surface area contributed by atoms with Crippen molar-refractivity contribution in [2.75, 3.05) is 19.8 Å². The van der Waals surface area contributed by atoms with Crippen LogP contribution in [0, 0.1) is 17.0 Å². The Hall–Kier alpha value is -0.455. The molecule has 0 saturated carbocycles. The van der Waals surface area contributed by atoms with E-state index in [2.05, 4.69) is 48.8 Å². The number of rotatable bonds is 29. The van der Waals surface area contributed by atoms with Gasteiger partial charge in [0.05, 0.1) is 25.9 Å².